The van der Waals surface area contributed by atoms with Crippen molar-refractivity contribution in [3.63, 3.8) is 0 Å². The first kappa shape index (κ1) is 24.2. The van der Waals surface area contributed by atoms with Crippen molar-refractivity contribution in [2.45, 2.75) is 99.6 Å². The minimum Gasteiger partial charge on any atom is -0.444 e. The molecule has 0 saturated carbocycles. The molecule has 0 unspecified atom stereocenters. The predicted molar refractivity (Wildman–Crippen MR) is 100 cm³/mol. The highest BCUT2D eigenvalue weighted by molar-refractivity contribution is 5.69. The van der Waals surface area contributed by atoms with Gasteiger partial charge in [0.2, 0.25) is 0 Å². The number of carbonyl (C=O) groups excluding carboxylic acids is 1. The summed E-state index contributed by atoms with van der Waals surface area (Å²) in [6.07, 6.45) is 4.19. The molecular formula is C19H40N2O2. The molecular weight excluding hydrogens is 288 g/mol. The topological polar surface area (TPSA) is 53.4 Å². The Morgan fingerprint density at radius 2 is 1.57 bits per heavy atom. The van der Waals surface area contributed by atoms with Gasteiger partial charge in [-0.1, -0.05) is 34.6 Å². The maximum atomic E-state index is 11.8. The summed E-state index contributed by atoms with van der Waals surface area (Å²) in [4.78, 5) is 13.6. The van der Waals surface area contributed by atoms with Crippen molar-refractivity contribution in [3.8, 4) is 0 Å². The summed E-state index contributed by atoms with van der Waals surface area (Å²) >= 11 is 0. The second-order valence-electron chi connectivity index (χ2n) is 9.16. The number of ether oxygens (including phenoxy) is 1. The van der Waals surface area contributed by atoms with Crippen LogP contribution in [-0.4, -0.2) is 34.9 Å². The maximum absolute atomic E-state index is 11.8. The van der Waals surface area contributed by atoms with Gasteiger partial charge in [0.1, 0.15) is 5.60 Å². The van der Waals surface area contributed by atoms with Gasteiger partial charge in [-0.25, -0.2) is 4.79 Å². The first-order valence-corrected chi connectivity index (χ1v) is 8.63. The third-order valence-electron chi connectivity index (χ3n) is 2.72. The second kappa shape index (κ2) is 9.94. The highest BCUT2D eigenvalue weighted by Gasteiger charge is 2.37. The molecule has 1 amide bonds. The van der Waals surface area contributed by atoms with Crippen molar-refractivity contribution in [1.29, 1.82) is 5.41 Å². The summed E-state index contributed by atoms with van der Waals surface area (Å²) in [5, 5.41) is 6.33. The van der Waals surface area contributed by atoms with Gasteiger partial charge in [-0.2, -0.15) is 0 Å². The SMILES string of the molecule is CC(C)(C)C.CC(C)(C)OC(=O)N1CCCC1(C)C.CCC=N. The minimum atomic E-state index is -0.393. The van der Waals surface area contributed by atoms with Crippen molar-refractivity contribution in [3.05, 3.63) is 0 Å². The largest absolute Gasteiger partial charge is 0.444 e. The first-order chi connectivity index (χ1) is 10.1. The molecule has 1 N–H and O–H groups in total. The van der Waals surface area contributed by atoms with E-state index in [4.69, 9.17) is 10.1 Å². The van der Waals surface area contributed by atoms with Crippen LogP contribution in [0.4, 0.5) is 4.79 Å². The van der Waals surface area contributed by atoms with Crippen molar-refractivity contribution in [1.82, 2.24) is 4.90 Å². The van der Waals surface area contributed by atoms with Crippen molar-refractivity contribution < 1.29 is 9.53 Å². The van der Waals surface area contributed by atoms with E-state index in [9.17, 15) is 4.79 Å². The molecule has 23 heavy (non-hydrogen) atoms. The number of rotatable bonds is 1. The lowest BCUT2D eigenvalue weighted by molar-refractivity contribution is 0.0134. The molecule has 1 aliphatic rings. The van der Waals surface area contributed by atoms with Crippen LogP contribution in [0, 0.1) is 10.8 Å². The van der Waals surface area contributed by atoms with Crippen molar-refractivity contribution in [2.75, 3.05) is 6.54 Å². The Bertz CT molecular complexity index is 343. The van der Waals surface area contributed by atoms with E-state index in [1.165, 1.54) is 6.21 Å². The molecule has 1 fully saturated rings. The lowest BCUT2D eigenvalue weighted by Crippen LogP contribution is -2.45. The van der Waals surface area contributed by atoms with Crippen LogP contribution in [0.2, 0.25) is 0 Å². The fourth-order valence-electron chi connectivity index (χ4n) is 1.76. The molecule has 0 radical (unpaired) electrons. The van der Waals surface area contributed by atoms with E-state index in [-0.39, 0.29) is 11.6 Å². The Morgan fingerprint density at radius 3 is 1.78 bits per heavy atom. The summed E-state index contributed by atoms with van der Waals surface area (Å²) in [5.41, 5.74) is 0.0675. The van der Waals surface area contributed by atoms with Gasteiger partial charge >= 0.3 is 6.09 Å². The Labute approximate surface area is 144 Å². The standard InChI is InChI=1S/C11H21NO2.C5H12.C3H7N/c1-10(2,3)14-9(13)12-8-6-7-11(12,4)5;1-5(2,3)4;1-2-3-4/h6-8H2,1-5H3;1-4H3;3-4H,2H2,1H3. The molecule has 1 aliphatic heterocycles. The van der Waals surface area contributed by atoms with Gasteiger partial charge in [0.15, 0.2) is 0 Å². The molecule has 4 heteroatoms. The number of nitrogens with zero attached hydrogens (tertiary/aromatic N) is 1. The van der Waals surface area contributed by atoms with Gasteiger partial charge in [-0.05, 0) is 65.5 Å². The van der Waals surface area contributed by atoms with E-state index in [0.29, 0.717) is 5.41 Å². The monoisotopic (exact) mass is 328 g/mol. The van der Waals surface area contributed by atoms with E-state index in [1.807, 2.05) is 32.6 Å². The zero-order valence-corrected chi connectivity index (χ0v) is 17.2. The minimum absolute atomic E-state index is 0.0394. The van der Waals surface area contributed by atoms with Gasteiger partial charge in [0, 0.05) is 12.1 Å². The summed E-state index contributed by atoms with van der Waals surface area (Å²) in [5.74, 6) is 0. The van der Waals surface area contributed by atoms with Gasteiger partial charge in [-0.3, -0.25) is 0 Å². The molecule has 1 heterocycles. The van der Waals surface area contributed by atoms with Crippen LogP contribution in [0.5, 0.6) is 0 Å². The average molecular weight is 329 g/mol. The maximum Gasteiger partial charge on any atom is 0.410 e. The van der Waals surface area contributed by atoms with Crippen LogP contribution in [0.1, 0.15) is 88.5 Å². The van der Waals surface area contributed by atoms with E-state index in [1.54, 1.807) is 0 Å². The lowest BCUT2D eigenvalue weighted by Gasteiger charge is -2.33. The van der Waals surface area contributed by atoms with Crippen molar-refractivity contribution >= 4 is 12.3 Å². The number of carbonyl (C=O) groups is 1. The zero-order valence-electron chi connectivity index (χ0n) is 17.2. The molecule has 0 bridgehead atoms. The van der Waals surface area contributed by atoms with Crippen LogP contribution >= 0.6 is 0 Å². The zero-order chi connectivity index (χ0) is 18.9. The summed E-state index contributed by atoms with van der Waals surface area (Å²) < 4.78 is 5.34. The average Bonchev–Trinajstić information content (AvgIpc) is 2.65. The smallest absolute Gasteiger partial charge is 0.410 e. The Kier molecular flexibility index (Phi) is 10.5. The second-order valence-corrected chi connectivity index (χ2v) is 9.16. The van der Waals surface area contributed by atoms with E-state index in [0.717, 1.165) is 25.8 Å². The summed E-state index contributed by atoms with van der Waals surface area (Å²) in [7, 11) is 0. The lowest BCUT2D eigenvalue weighted by atomic mass is 10.0. The number of amides is 1. The van der Waals surface area contributed by atoms with E-state index >= 15 is 0 Å². The number of hydrogen-bond acceptors (Lipinski definition) is 3. The van der Waals surface area contributed by atoms with E-state index in [2.05, 4.69) is 41.5 Å². The van der Waals surface area contributed by atoms with Crippen LogP contribution in [0.25, 0.3) is 0 Å². The van der Waals surface area contributed by atoms with Crippen LogP contribution < -0.4 is 0 Å². The number of likely N-dealkylation sites (tertiary alicyclic amines) is 1. The number of hydrogen-bond donors (Lipinski definition) is 1. The van der Waals surface area contributed by atoms with Crippen LogP contribution in [0.15, 0.2) is 0 Å². The fraction of sp³-hybridized carbons (Fsp3) is 0.895. The third-order valence-corrected chi connectivity index (χ3v) is 2.72. The molecule has 1 rings (SSSR count). The Hall–Kier alpha value is -1.06. The third kappa shape index (κ3) is 15.6. The van der Waals surface area contributed by atoms with Crippen LogP contribution in [-0.2, 0) is 4.74 Å². The van der Waals surface area contributed by atoms with Gasteiger partial charge < -0.3 is 15.0 Å². The normalized spacial score (nSPS) is 16.5. The van der Waals surface area contributed by atoms with E-state index < -0.39 is 5.60 Å². The summed E-state index contributed by atoms with van der Waals surface area (Å²) in [6.45, 7) is 21.4. The molecule has 0 aromatic carbocycles. The molecule has 0 aliphatic carbocycles. The summed E-state index contributed by atoms with van der Waals surface area (Å²) in [6, 6.07) is 0. The molecule has 138 valence electrons. The van der Waals surface area contributed by atoms with Gasteiger partial charge in [-0.15, -0.1) is 0 Å². The highest BCUT2D eigenvalue weighted by Crippen LogP contribution is 2.29. The molecule has 0 aromatic heterocycles. The van der Waals surface area contributed by atoms with Gasteiger partial charge in [0.25, 0.3) is 0 Å². The molecule has 0 aromatic rings. The number of nitrogens with one attached hydrogen (secondary N) is 1. The van der Waals surface area contributed by atoms with Crippen molar-refractivity contribution in [2.24, 2.45) is 5.41 Å². The molecule has 0 spiro atoms. The molecule has 4 nitrogen and oxygen atoms in total. The Balaban J connectivity index is 0. The fourth-order valence-corrected chi connectivity index (χ4v) is 1.76. The van der Waals surface area contributed by atoms with Crippen LogP contribution in [0.3, 0.4) is 0 Å². The molecule has 1 saturated heterocycles. The molecule has 0 atom stereocenters. The predicted octanol–water partition coefficient (Wildman–Crippen LogP) is 5.89. The quantitative estimate of drug-likeness (QED) is 0.610. The first-order valence-electron chi connectivity index (χ1n) is 8.63. The highest BCUT2D eigenvalue weighted by atomic mass is 16.6. The van der Waals surface area contributed by atoms with Gasteiger partial charge in [0.05, 0.1) is 0 Å². The Morgan fingerprint density at radius 1 is 1.17 bits per heavy atom.